The second-order valence-electron chi connectivity index (χ2n) is 5.19. The standard InChI is InChI=1S/C19H13BrOS/c1-21-15-8-12-4-2-3-5-16(12)17(11-15)19-9-13-6-7-14(20)10-18(13)22-19/h2-11H,1H3. The number of benzene rings is 3. The Bertz CT molecular complexity index is 987. The molecule has 108 valence electrons. The van der Waals surface area contributed by atoms with Crippen molar-refractivity contribution in [3.05, 3.63) is 65.1 Å². The molecule has 1 heterocycles. The van der Waals surface area contributed by atoms with Crippen molar-refractivity contribution in [2.75, 3.05) is 7.11 Å². The molecule has 22 heavy (non-hydrogen) atoms. The van der Waals surface area contributed by atoms with Crippen molar-refractivity contribution in [3.63, 3.8) is 0 Å². The van der Waals surface area contributed by atoms with Crippen LogP contribution in [0.15, 0.2) is 65.1 Å². The van der Waals surface area contributed by atoms with Crippen LogP contribution in [0.5, 0.6) is 5.75 Å². The van der Waals surface area contributed by atoms with Gasteiger partial charge in [-0.05, 0) is 46.5 Å². The fourth-order valence-corrected chi connectivity index (χ4v) is 4.39. The highest BCUT2D eigenvalue weighted by Gasteiger charge is 2.10. The lowest BCUT2D eigenvalue weighted by Crippen LogP contribution is -1.85. The Morgan fingerprint density at radius 2 is 1.77 bits per heavy atom. The third-order valence-corrected chi connectivity index (χ3v) is 5.44. The van der Waals surface area contributed by atoms with Gasteiger partial charge in [0.1, 0.15) is 5.75 Å². The van der Waals surface area contributed by atoms with Gasteiger partial charge in [0.05, 0.1) is 7.11 Å². The highest BCUT2D eigenvalue weighted by atomic mass is 79.9. The van der Waals surface area contributed by atoms with E-state index in [1.54, 1.807) is 7.11 Å². The third kappa shape index (κ3) is 2.31. The first kappa shape index (κ1) is 13.8. The van der Waals surface area contributed by atoms with Crippen LogP contribution in [-0.4, -0.2) is 7.11 Å². The number of methoxy groups -OCH3 is 1. The van der Waals surface area contributed by atoms with E-state index in [9.17, 15) is 0 Å². The maximum Gasteiger partial charge on any atom is 0.120 e. The first-order valence-electron chi connectivity index (χ1n) is 7.01. The van der Waals surface area contributed by atoms with Crippen LogP contribution in [0.3, 0.4) is 0 Å². The van der Waals surface area contributed by atoms with Crippen molar-refractivity contribution in [3.8, 4) is 16.2 Å². The van der Waals surface area contributed by atoms with E-state index in [0.717, 1.165) is 10.2 Å². The van der Waals surface area contributed by atoms with Gasteiger partial charge in [0.2, 0.25) is 0 Å². The fourth-order valence-electron chi connectivity index (χ4n) is 2.74. The second kappa shape index (κ2) is 5.41. The van der Waals surface area contributed by atoms with Crippen molar-refractivity contribution >= 4 is 48.1 Å². The molecular formula is C19H13BrOS. The molecule has 0 amide bonds. The van der Waals surface area contributed by atoms with E-state index in [0.29, 0.717) is 0 Å². The summed E-state index contributed by atoms with van der Waals surface area (Å²) in [4.78, 5) is 1.27. The number of hydrogen-bond acceptors (Lipinski definition) is 2. The Balaban J connectivity index is 2.02. The topological polar surface area (TPSA) is 9.23 Å². The van der Waals surface area contributed by atoms with Gasteiger partial charge in [0.25, 0.3) is 0 Å². The SMILES string of the molecule is COc1cc(-c2cc3ccc(Br)cc3s2)c2ccccc2c1. The van der Waals surface area contributed by atoms with E-state index in [2.05, 4.69) is 76.6 Å². The van der Waals surface area contributed by atoms with Crippen LogP contribution in [0.25, 0.3) is 31.3 Å². The molecule has 3 heteroatoms. The first-order chi connectivity index (χ1) is 10.7. The van der Waals surface area contributed by atoms with E-state index in [-0.39, 0.29) is 0 Å². The molecule has 0 saturated heterocycles. The van der Waals surface area contributed by atoms with E-state index in [1.165, 1.54) is 31.3 Å². The Morgan fingerprint density at radius 1 is 0.909 bits per heavy atom. The predicted molar refractivity (Wildman–Crippen MR) is 99.0 cm³/mol. The van der Waals surface area contributed by atoms with Crippen LogP contribution in [0.1, 0.15) is 0 Å². The highest BCUT2D eigenvalue weighted by molar-refractivity contribution is 9.10. The third-order valence-electron chi connectivity index (χ3n) is 3.82. The molecule has 0 unspecified atom stereocenters. The fraction of sp³-hybridized carbons (Fsp3) is 0.0526. The van der Waals surface area contributed by atoms with Gasteiger partial charge in [-0.3, -0.25) is 0 Å². The summed E-state index contributed by atoms with van der Waals surface area (Å²) in [6, 6.07) is 21.3. The summed E-state index contributed by atoms with van der Waals surface area (Å²) in [7, 11) is 1.72. The maximum atomic E-state index is 5.47. The molecule has 0 bridgehead atoms. The molecule has 1 aromatic heterocycles. The van der Waals surface area contributed by atoms with Crippen LogP contribution in [0.2, 0.25) is 0 Å². The van der Waals surface area contributed by atoms with Gasteiger partial charge in [-0.1, -0.05) is 46.3 Å². The lowest BCUT2D eigenvalue weighted by Gasteiger charge is -2.08. The van der Waals surface area contributed by atoms with Gasteiger partial charge >= 0.3 is 0 Å². The summed E-state index contributed by atoms with van der Waals surface area (Å²) >= 11 is 5.36. The molecule has 0 saturated carbocycles. The monoisotopic (exact) mass is 368 g/mol. The van der Waals surface area contributed by atoms with Crippen molar-refractivity contribution < 1.29 is 4.74 Å². The number of halogens is 1. The van der Waals surface area contributed by atoms with Crippen LogP contribution in [-0.2, 0) is 0 Å². The molecule has 0 aliphatic rings. The molecule has 0 atom stereocenters. The second-order valence-corrected chi connectivity index (χ2v) is 7.19. The van der Waals surface area contributed by atoms with E-state index in [1.807, 2.05) is 11.3 Å². The van der Waals surface area contributed by atoms with Gasteiger partial charge in [-0.25, -0.2) is 0 Å². The van der Waals surface area contributed by atoms with Crippen molar-refractivity contribution in [2.45, 2.75) is 0 Å². The lowest BCUT2D eigenvalue weighted by molar-refractivity contribution is 0.415. The molecule has 3 aromatic carbocycles. The Morgan fingerprint density at radius 3 is 2.64 bits per heavy atom. The quantitative estimate of drug-likeness (QED) is 0.392. The molecule has 0 spiro atoms. The zero-order chi connectivity index (χ0) is 15.1. The largest absolute Gasteiger partial charge is 0.497 e. The summed E-state index contributed by atoms with van der Waals surface area (Å²) in [6.45, 7) is 0. The lowest BCUT2D eigenvalue weighted by atomic mass is 10.0. The van der Waals surface area contributed by atoms with E-state index in [4.69, 9.17) is 4.74 Å². The van der Waals surface area contributed by atoms with Crippen molar-refractivity contribution in [1.82, 2.24) is 0 Å². The van der Waals surface area contributed by atoms with Crippen LogP contribution < -0.4 is 4.74 Å². The Labute approximate surface area is 141 Å². The van der Waals surface area contributed by atoms with Crippen molar-refractivity contribution in [2.24, 2.45) is 0 Å². The zero-order valence-electron chi connectivity index (χ0n) is 12.0. The normalized spacial score (nSPS) is 11.2. The van der Waals surface area contributed by atoms with Crippen LogP contribution in [0.4, 0.5) is 0 Å². The van der Waals surface area contributed by atoms with Gasteiger partial charge in [0, 0.05) is 19.6 Å². The molecule has 0 fully saturated rings. The van der Waals surface area contributed by atoms with Gasteiger partial charge in [-0.15, -0.1) is 11.3 Å². The van der Waals surface area contributed by atoms with Gasteiger partial charge in [-0.2, -0.15) is 0 Å². The van der Waals surface area contributed by atoms with Gasteiger partial charge in [0.15, 0.2) is 0 Å². The molecule has 0 aliphatic carbocycles. The molecular weight excluding hydrogens is 356 g/mol. The Kier molecular flexibility index (Phi) is 3.40. The number of ether oxygens (including phenoxy) is 1. The molecule has 0 aliphatic heterocycles. The zero-order valence-corrected chi connectivity index (χ0v) is 14.4. The summed E-state index contributed by atoms with van der Waals surface area (Å²) in [5.74, 6) is 0.896. The molecule has 0 radical (unpaired) electrons. The molecule has 4 rings (SSSR count). The average Bonchev–Trinajstić information content (AvgIpc) is 2.96. The number of rotatable bonds is 2. The molecule has 1 nitrogen and oxygen atoms in total. The summed E-state index contributed by atoms with van der Waals surface area (Å²) < 4.78 is 7.88. The average molecular weight is 369 g/mol. The van der Waals surface area contributed by atoms with E-state index >= 15 is 0 Å². The van der Waals surface area contributed by atoms with E-state index < -0.39 is 0 Å². The summed E-state index contributed by atoms with van der Waals surface area (Å²) in [5, 5.41) is 3.74. The number of fused-ring (bicyclic) bond motifs is 2. The minimum absolute atomic E-state index is 0.896. The van der Waals surface area contributed by atoms with Gasteiger partial charge < -0.3 is 4.74 Å². The maximum absolute atomic E-state index is 5.47. The smallest absolute Gasteiger partial charge is 0.120 e. The minimum Gasteiger partial charge on any atom is -0.497 e. The van der Waals surface area contributed by atoms with Crippen molar-refractivity contribution in [1.29, 1.82) is 0 Å². The first-order valence-corrected chi connectivity index (χ1v) is 8.62. The molecule has 4 aromatic rings. The number of thiophene rings is 1. The minimum atomic E-state index is 0.896. The predicted octanol–water partition coefficient (Wildman–Crippen LogP) is 6.49. The van der Waals surface area contributed by atoms with Crippen LogP contribution >= 0.6 is 27.3 Å². The Hall–Kier alpha value is -1.84. The summed E-state index contributed by atoms with van der Waals surface area (Å²) in [6.07, 6.45) is 0. The van der Waals surface area contributed by atoms with Crippen LogP contribution in [0, 0.1) is 0 Å². The highest BCUT2D eigenvalue weighted by Crippen LogP contribution is 2.39. The number of hydrogen-bond donors (Lipinski definition) is 0. The summed E-state index contributed by atoms with van der Waals surface area (Å²) in [5.41, 5.74) is 1.23. The molecule has 0 N–H and O–H groups in total.